The molecule has 2 unspecified atom stereocenters. The van der Waals surface area contributed by atoms with Crippen molar-refractivity contribution in [1.82, 2.24) is 9.62 Å². The van der Waals surface area contributed by atoms with Gasteiger partial charge in [-0.05, 0) is 44.4 Å². The van der Waals surface area contributed by atoms with E-state index in [-0.39, 0.29) is 5.75 Å². The number of esters is 1. The molecule has 1 saturated heterocycles. The molecule has 1 aromatic rings. The molecule has 10 heteroatoms. The van der Waals surface area contributed by atoms with Gasteiger partial charge in [-0.2, -0.15) is 4.31 Å². The topological polar surface area (TPSA) is 111 Å². The number of carbonyl (C=O) groups is 2. The van der Waals surface area contributed by atoms with Crippen molar-refractivity contribution in [3.05, 3.63) is 23.8 Å². The van der Waals surface area contributed by atoms with Crippen molar-refractivity contribution >= 4 is 21.9 Å². The molecule has 1 aromatic carbocycles. The van der Waals surface area contributed by atoms with Gasteiger partial charge >= 0.3 is 5.97 Å². The summed E-state index contributed by atoms with van der Waals surface area (Å²) in [5.41, 5.74) is 0.712. The highest BCUT2D eigenvalue weighted by Gasteiger charge is 2.39. The Morgan fingerprint density at radius 3 is 2.63 bits per heavy atom. The van der Waals surface area contributed by atoms with E-state index in [9.17, 15) is 18.0 Å². The van der Waals surface area contributed by atoms with Crippen LogP contribution in [-0.4, -0.2) is 63.8 Å². The third-order valence-electron chi connectivity index (χ3n) is 4.92. The van der Waals surface area contributed by atoms with Crippen molar-refractivity contribution < 1.29 is 32.2 Å². The molecule has 1 fully saturated rings. The van der Waals surface area contributed by atoms with Gasteiger partial charge in [0.2, 0.25) is 10.0 Å². The van der Waals surface area contributed by atoms with E-state index >= 15 is 0 Å². The molecule has 0 spiro atoms. The van der Waals surface area contributed by atoms with Crippen molar-refractivity contribution in [3.63, 3.8) is 0 Å². The highest BCUT2D eigenvalue weighted by Crippen LogP contribution is 2.29. The third-order valence-corrected chi connectivity index (χ3v) is 7.00. The van der Waals surface area contributed by atoms with Crippen molar-refractivity contribution in [1.29, 1.82) is 0 Å². The van der Waals surface area contributed by atoms with Gasteiger partial charge in [-0.25, -0.2) is 8.42 Å². The molecule has 0 radical (unpaired) electrons. The minimum absolute atomic E-state index is 0.0167. The second-order valence-corrected chi connectivity index (χ2v) is 9.13. The Labute approximate surface area is 177 Å². The quantitative estimate of drug-likeness (QED) is 0.548. The minimum Gasteiger partial charge on any atom is -0.497 e. The highest BCUT2D eigenvalue weighted by molar-refractivity contribution is 7.89. The average Bonchev–Trinajstić information content (AvgIpc) is 3.22. The molecule has 0 bridgehead atoms. The SMILES string of the molecule is CCCS(=O)(=O)N1CCCC1C(=O)OCC(=O)NC(C)c1cc(OC)ccc1OC. The van der Waals surface area contributed by atoms with Crippen LogP contribution >= 0.6 is 0 Å². The molecule has 0 aromatic heterocycles. The van der Waals surface area contributed by atoms with Gasteiger partial charge in [-0.1, -0.05) is 6.92 Å². The van der Waals surface area contributed by atoms with E-state index in [0.717, 1.165) is 0 Å². The Morgan fingerprint density at radius 1 is 1.27 bits per heavy atom. The molecular weight excluding hydrogens is 412 g/mol. The van der Waals surface area contributed by atoms with Crippen molar-refractivity contribution in [2.45, 2.75) is 45.2 Å². The number of nitrogens with one attached hydrogen (secondary N) is 1. The molecule has 1 heterocycles. The highest BCUT2D eigenvalue weighted by atomic mass is 32.2. The lowest BCUT2D eigenvalue weighted by Crippen LogP contribution is -2.43. The summed E-state index contributed by atoms with van der Waals surface area (Å²) in [7, 11) is -0.434. The molecule has 168 valence electrons. The van der Waals surface area contributed by atoms with Gasteiger partial charge in [0.15, 0.2) is 6.61 Å². The Bertz CT molecular complexity index is 857. The number of sulfonamides is 1. The Balaban J connectivity index is 1.95. The smallest absolute Gasteiger partial charge is 0.324 e. The summed E-state index contributed by atoms with van der Waals surface area (Å²) in [4.78, 5) is 24.7. The van der Waals surface area contributed by atoms with Crippen LogP contribution < -0.4 is 14.8 Å². The molecule has 9 nitrogen and oxygen atoms in total. The molecule has 0 aliphatic carbocycles. The van der Waals surface area contributed by atoms with E-state index in [0.29, 0.717) is 42.9 Å². The molecule has 1 aliphatic heterocycles. The summed E-state index contributed by atoms with van der Waals surface area (Å²) < 4.78 is 41.5. The minimum atomic E-state index is -3.51. The van der Waals surface area contributed by atoms with Gasteiger partial charge in [0.1, 0.15) is 17.5 Å². The lowest BCUT2D eigenvalue weighted by Gasteiger charge is -2.22. The zero-order valence-corrected chi connectivity index (χ0v) is 18.7. The lowest BCUT2D eigenvalue weighted by atomic mass is 10.1. The summed E-state index contributed by atoms with van der Waals surface area (Å²) in [5, 5.41) is 2.75. The summed E-state index contributed by atoms with van der Waals surface area (Å²) in [5.74, 6) is -0.0103. The molecule has 0 saturated carbocycles. The van der Waals surface area contributed by atoms with E-state index in [1.54, 1.807) is 39.2 Å². The first-order valence-corrected chi connectivity index (χ1v) is 11.5. The van der Waals surface area contributed by atoms with Gasteiger partial charge in [0.25, 0.3) is 5.91 Å². The average molecular weight is 443 g/mol. The van der Waals surface area contributed by atoms with E-state index < -0.39 is 40.6 Å². The van der Waals surface area contributed by atoms with E-state index in [1.807, 2.05) is 0 Å². The number of nitrogens with zero attached hydrogens (tertiary/aromatic N) is 1. The van der Waals surface area contributed by atoms with Crippen molar-refractivity contribution in [3.8, 4) is 11.5 Å². The molecular formula is C20H30N2O7S. The number of benzene rings is 1. The molecule has 30 heavy (non-hydrogen) atoms. The second kappa shape index (κ2) is 10.6. The molecule has 1 aliphatic rings. The maximum absolute atomic E-state index is 12.4. The number of ether oxygens (including phenoxy) is 3. The maximum Gasteiger partial charge on any atom is 0.324 e. The first kappa shape index (κ1) is 23.9. The number of amides is 1. The van der Waals surface area contributed by atoms with Gasteiger partial charge < -0.3 is 19.5 Å². The first-order chi connectivity index (χ1) is 14.2. The largest absolute Gasteiger partial charge is 0.497 e. The Hall–Kier alpha value is -2.33. The van der Waals surface area contributed by atoms with Crippen LogP contribution in [0.4, 0.5) is 0 Å². The van der Waals surface area contributed by atoms with Crippen LogP contribution in [0.15, 0.2) is 18.2 Å². The lowest BCUT2D eigenvalue weighted by molar-refractivity contribution is -0.151. The normalized spacial score (nSPS) is 17.9. The first-order valence-electron chi connectivity index (χ1n) is 9.91. The monoisotopic (exact) mass is 442 g/mol. The zero-order valence-electron chi connectivity index (χ0n) is 17.8. The van der Waals surface area contributed by atoms with E-state index in [4.69, 9.17) is 14.2 Å². The van der Waals surface area contributed by atoms with Crippen LogP contribution in [0.25, 0.3) is 0 Å². The number of carbonyl (C=O) groups excluding carboxylic acids is 2. The van der Waals surface area contributed by atoms with Crippen LogP contribution in [0.5, 0.6) is 11.5 Å². The third kappa shape index (κ3) is 5.85. The van der Waals surface area contributed by atoms with Gasteiger partial charge in [0, 0.05) is 12.1 Å². The molecule has 1 amide bonds. The standard InChI is InChI=1S/C20H30N2O7S/c1-5-11-30(25,26)22-10-6-7-17(22)20(24)29-13-19(23)21-14(2)16-12-15(27-3)8-9-18(16)28-4/h8-9,12,14,17H,5-7,10-11,13H2,1-4H3,(H,21,23). The van der Waals surface area contributed by atoms with Crippen LogP contribution in [0.2, 0.25) is 0 Å². The number of methoxy groups -OCH3 is 2. The number of hydrogen-bond donors (Lipinski definition) is 1. The number of rotatable bonds is 10. The van der Waals surface area contributed by atoms with Gasteiger partial charge in [0.05, 0.1) is 26.0 Å². The van der Waals surface area contributed by atoms with Crippen LogP contribution in [0, 0.1) is 0 Å². The fourth-order valence-electron chi connectivity index (χ4n) is 3.46. The molecule has 1 N–H and O–H groups in total. The summed E-state index contributed by atoms with van der Waals surface area (Å²) in [6.07, 6.45) is 1.44. The molecule has 2 rings (SSSR count). The van der Waals surface area contributed by atoms with E-state index in [1.165, 1.54) is 11.4 Å². The predicted octanol–water partition coefficient (Wildman–Crippen LogP) is 1.63. The van der Waals surface area contributed by atoms with Crippen LogP contribution in [-0.2, 0) is 24.3 Å². The van der Waals surface area contributed by atoms with Gasteiger partial charge in [-0.15, -0.1) is 0 Å². The predicted molar refractivity (Wildman–Crippen MR) is 111 cm³/mol. The van der Waals surface area contributed by atoms with Crippen molar-refractivity contribution in [2.24, 2.45) is 0 Å². The van der Waals surface area contributed by atoms with Crippen LogP contribution in [0.1, 0.15) is 44.7 Å². The van der Waals surface area contributed by atoms with Gasteiger partial charge in [-0.3, -0.25) is 9.59 Å². The molecule has 2 atom stereocenters. The maximum atomic E-state index is 12.4. The van der Waals surface area contributed by atoms with Crippen LogP contribution in [0.3, 0.4) is 0 Å². The Kier molecular flexibility index (Phi) is 8.48. The van der Waals surface area contributed by atoms with E-state index in [2.05, 4.69) is 5.32 Å². The summed E-state index contributed by atoms with van der Waals surface area (Å²) >= 11 is 0. The van der Waals surface area contributed by atoms with Crippen molar-refractivity contribution in [2.75, 3.05) is 33.1 Å². The Morgan fingerprint density at radius 2 is 2.00 bits per heavy atom. The summed E-state index contributed by atoms with van der Waals surface area (Å²) in [6.45, 7) is 3.34. The summed E-state index contributed by atoms with van der Waals surface area (Å²) in [6, 6.07) is 3.95. The second-order valence-electron chi connectivity index (χ2n) is 7.09. The zero-order chi connectivity index (χ0) is 22.3. The fourth-order valence-corrected chi connectivity index (χ4v) is 5.19. The fraction of sp³-hybridized carbons (Fsp3) is 0.600. The number of hydrogen-bond acceptors (Lipinski definition) is 7.